The van der Waals surface area contributed by atoms with Crippen molar-refractivity contribution in [2.24, 2.45) is 0 Å². The molecule has 0 saturated heterocycles. The maximum atomic E-state index is 12.4. The van der Waals surface area contributed by atoms with Crippen LogP contribution in [0.1, 0.15) is 38.5 Å². The summed E-state index contributed by atoms with van der Waals surface area (Å²) < 4.78 is 16.1. The van der Waals surface area contributed by atoms with E-state index in [-0.39, 0.29) is 6.61 Å². The van der Waals surface area contributed by atoms with Crippen molar-refractivity contribution in [2.45, 2.75) is 26.9 Å². The third kappa shape index (κ3) is 6.35. The number of amides is 1. The molecule has 1 aromatic heterocycles. The second-order valence-corrected chi connectivity index (χ2v) is 8.06. The van der Waals surface area contributed by atoms with Gasteiger partial charge in [-0.1, -0.05) is 53.7 Å². The molecule has 0 saturated carbocycles. The van der Waals surface area contributed by atoms with Crippen LogP contribution >= 0.6 is 0 Å². The minimum Gasteiger partial charge on any atom is -0.489 e. The van der Waals surface area contributed by atoms with Crippen molar-refractivity contribution in [1.82, 2.24) is 5.16 Å². The molecule has 0 atom stereocenters. The number of nitrogens with zero attached hydrogens (tertiary/aromatic N) is 1. The highest BCUT2D eigenvalue weighted by molar-refractivity contribution is 5.96. The maximum absolute atomic E-state index is 12.4. The highest BCUT2D eigenvalue weighted by atomic mass is 16.5. The molecular formula is C28H26N2O5. The molecule has 7 heteroatoms. The lowest BCUT2D eigenvalue weighted by Gasteiger charge is -2.12. The summed E-state index contributed by atoms with van der Waals surface area (Å²) in [5.74, 6) is 0.311. The molecule has 0 unspecified atom stereocenters. The zero-order valence-electron chi connectivity index (χ0n) is 19.6. The van der Waals surface area contributed by atoms with Crippen molar-refractivity contribution in [3.63, 3.8) is 0 Å². The van der Waals surface area contributed by atoms with E-state index in [1.807, 2.05) is 68.4 Å². The minimum absolute atomic E-state index is 0.316. The number of anilines is 1. The van der Waals surface area contributed by atoms with Crippen LogP contribution in [0, 0.1) is 13.8 Å². The molecule has 3 aromatic carbocycles. The zero-order valence-corrected chi connectivity index (χ0v) is 19.6. The second-order valence-electron chi connectivity index (χ2n) is 8.06. The van der Waals surface area contributed by atoms with Gasteiger partial charge >= 0.3 is 5.97 Å². The lowest BCUT2D eigenvalue weighted by Crippen LogP contribution is -2.21. The number of nitrogens with one attached hydrogen (secondary N) is 1. The van der Waals surface area contributed by atoms with Gasteiger partial charge in [-0.05, 0) is 61.7 Å². The molecule has 1 N–H and O–H groups in total. The number of carbonyl (C=O) groups excluding carboxylic acids is 2. The molecule has 4 rings (SSSR count). The maximum Gasteiger partial charge on any atom is 0.338 e. The predicted molar refractivity (Wildman–Crippen MR) is 131 cm³/mol. The van der Waals surface area contributed by atoms with Crippen LogP contribution in [0.4, 0.5) is 5.69 Å². The molecule has 7 nitrogen and oxygen atoms in total. The Labute approximate surface area is 203 Å². The highest BCUT2D eigenvalue weighted by Gasteiger charge is 2.13. The first-order valence-electron chi connectivity index (χ1n) is 11.2. The lowest BCUT2D eigenvalue weighted by molar-refractivity contribution is -0.119. The highest BCUT2D eigenvalue weighted by Crippen LogP contribution is 2.20. The third-order valence-corrected chi connectivity index (χ3v) is 5.52. The van der Waals surface area contributed by atoms with E-state index in [2.05, 4.69) is 10.5 Å². The fourth-order valence-electron chi connectivity index (χ4n) is 3.56. The van der Waals surface area contributed by atoms with Crippen LogP contribution < -0.4 is 10.1 Å². The number of esters is 1. The Hall–Kier alpha value is -4.39. The van der Waals surface area contributed by atoms with E-state index < -0.39 is 11.9 Å². The summed E-state index contributed by atoms with van der Waals surface area (Å²) in [6.07, 6.45) is 0.682. The number of hydrogen-bond acceptors (Lipinski definition) is 6. The number of para-hydroxylation sites is 1. The SMILES string of the molecule is Cc1noc(C)c1COc1ccc(C(=O)OCC(=O)Nc2ccccc2Cc2ccccc2)cc1. The van der Waals surface area contributed by atoms with Crippen LogP contribution in [0.5, 0.6) is 5.75 Å². The van der Waals surface area contributed by atoms with Crippen molar-refractivity contribution in [2.75, 3.05) is 11.9 Å². The Kier molecular flexibility index (Phi) is 7.57. The van der Waals surface area contributed by atoms with Gasteiger partial charge in [0.25, 0.3) is 5.91 Å². The van der Waals surface area contributed by atoms with Gasteiger partial charge < -0.3 is 19.3 Å². The number of rotatable bonds is 9. The molecule has 35 heavy (non-hydrogen) atoms. The summed E-state index contributed by atoms with van der Waals surface area (Å²) in [5.41, 5.74) is 4.81. The van der Waals surface area contributed by atoms with Crippen LogP contribution in [0.15, 0.2) is 83.4 Å². The average molecular weight is 471 g/mol. The molecule has 0 aliphatic carbocycles. The van der Waals surface area contributed by atoms with Crippen molar-refractivity contribution in [3.05, 3.63) is 113 Å². The molecule has 178 valence electrons. The molecule has 4 aromatic rings. The number of aromatic nitrogens is 1. The van der Waals surface area contributed by atoms with Gasteiger partial charge in [0.2, 0.25) is 0 Å². The summed E-state index contributed by atoms with van der Waals surface area (Å²) >= 11 is 0. The molecule has 1 amide bonds. The van der Waals surface area contributed by atoms with Gasteiger partial charge in [-0.25, -0.2) is 4.79 Å². The molecule has 0 spiro atoms. The van der Waals surface area contributed by atoms with E-state index in [4.69, 9.17) is 14.0 Å². The summed E-state index contributed by atoms with van der Waals surface area (Å²) in [6.45, 7) is 3.61. The van der Waals surface area contributed by atoms with Crippen LogP contribution in [-0.4, -0.2) is 23.6 Å². The van der Waals surface area contributed by atoms with Gasteiger partial charge in [-0.3, -0.25) is 4.79 Å². The van der Waals surface area contributed by atoms with Crippen molar-refractivity contribution in [1.29, 1.82) is 0 Å². The van der Waals surface area contributed by atoms with E-state index in [0.717, 1.165) is 22.4 Å². The van der Waals surface area contributed by atoms with Crippen molar-refractivity contribution >= 4 is 17.6 Å². The van der Waals surface area contributed by atoms with Gasteiger partial charge in [0.05, 0.1) is 16.8 Å². The molecule has 1 heterocycles. The monoisotopic (exact) mass is 470 g/mol. The van der Waals surface area contributed by atoms with E-state index in [1.54, 1.807) is 24.3 Å². The van der Waals surface area contributed by atoms with Gasteiger partial charge in [-0.15, -0.1) is 0 Å². The van der Waals surface area contributed by atoms with Gasteiger partial charge in [0, 0.05) is 5.69 Å². The zero-order chi connectivity index (χ0) is 24.6. The third-order valence-electron chi connectivity index (χ3n) is 5.52. The number of aryl methyl sites for hydroxylation is 2. The van der Waals surface area contributed by atoms with Crippen LogP contribution in [0.2, 0.25) is 0 Å². The Bertz CT molecular complexity index is 1280. The molecular weight excluding hydrogens is 444 g/mol. The number of hydrogen-bond donors (Lipinski definition) is 1. The summed E-state index contributed by atoms with van der Waals surface area (Å²) in [6, 6.07) is 24.1. The van der Waals surface area contributed by atoms with E-state index >= 15 is 0 Å². The molecule has 0 fully saturated rings. The fourth-order valence-corrected chi connectivity index (χ4v) is 3.56. The van der Waals surface area contributed by atoms with Crippen LogP contribution in [0.25, 0.3) is 0 Å². The summed E-state index contributed by atoms with van der Waals surface area (Å²) in [4.78, 5) is 24.8. The quantitative estimate of drug-likeness (QED) is 0.336. The van der Waals surface area contributed by atoms with E-state index in [1.165, 1.54) is 0 Å². The van der Waals surface area contributed by atoms with Crippen LogP contribution in [-0.2, 0) is 22.6 Å². The Morgan fingerprint density at radius 1 is 0.914 bits per heavy atom. The topological polar surface area (TPSA) is 90.7 Å². The van der Waals surface area contributed by atoms with Crippen molar-refractivity contribution in [3.8, 4) is 5.75 Å². The van der Waals surface area contributed by atoms with Crippen LogP contribution in [0.3, 0.4) is 0 Å². The smallest absolute Gasteiger partial charge is 0.338 e. The summed E-state index contributed by atoms with van der Waals surface area (Å²) in [7, 11) is 0. The fraction of sp³-hybridized carbons (Fsp3) is 0.179. The molecule has 0 aliphatic rings. The van der Waals surface area contributed by atoms with Gasteiger partial charge in [-0.2, -0.15) is 0 Å². The predicted octanol–water partition coefficient (Wildman–Crippen LogP) is 5.26. The Balaban J connectivity index is 1.28. The number of benzene rings is 3. The first-order valence-corrected chi connectivity index (χ1v) is 11.2. The van der Waals surface area contributed by atoms with E-state index in [0.29, 0.717) is 35.8 Å². The molecule has 0 aliphatic heterocycles. The standard InChI is InChI=1S/C28H26N2O5/c1-19-25(20(2)35-30-19)17-33-24-14-12-22(13-15-24)28(32)34-18-27(31)29-26-11-7-6-10-23(26)16-21-8-4-3-5-9-21/h3-15H,16-18H2,1-2H3,(H,29,31). The average Bonchev–Trinajstić information content (AvgIpc) is 3.20. The Morgan fingerprint density at radius 2 is 1.63 bits per heavy atom. The van der Waals surface area contributed by atoms with Gasteiger partial charge in [0.15, 0.2) is 6.61 Å². The first kappa shape index (κ1) is 23.8. The molecule has 0 bridgehead atoms. The summed E-state index contributed by atoms with van der Waals surface area (Å²) in [5, 5.41) is 6.74. The number of ether oxygens (including phenoxy) is 2. The van der Waals surface area contributed by atoms with Crippen molar-refractivity contribution < 1.29 is 23.6 Å². The van der Waals surface area contributed by atoms with Gasteiger partial charge in [0.1, 0.15) is 18.1 Å². The first-order chi connectivity index (χ1) is 17.0. The largest absolute Gasteiger partial charge is 0.489 e. The second kappa shape index (κ2) is 11.2. The van der Waals surface area contributed by atoms with E-state index in [9.17, 15) is 9.59 Å². The lowest BCUT2D eigenvalue weighted by atomic mass is 10.0. The molecule has 0 radical (unpaired) electrons. The Morgan fingerprint density at radius 3 is 2.34 bits per heavy atom. The minimum atomic E-state index is -0.588. The normalized spacial score (nSPS) is 10.6. The number of carbonyl (C=O) groups is 2.